The predicted molar refractivity (Wildman–Crippen MR) is 98.5 cm³/mol. The molecule has 6 nitrogen and oxygen atoms in total. The Morgan fingerprint density at radius 2 is 1.35 bits per heavy atom. The van der Waals surface area contributed by atoms with Crippen LogP contribution in [0.1, 0.15) is 74.7 Å². The van der Waals surface area contributed by atoms with Crippen LogP contribution in [0.3, 0.4) is 0 Å². The van der Waals surface area contributed by atoms with Gasteiger partial charge in [0, 0.05) is 12.8 Å². The maximum Gasteiger partial charge on any atom is 0.320 e. The summed E-state index contributed by atoms with van der Waals surface area (Å²) in [6.45, 7) is 14.9. The third-order valence-electron chi connectivity index (χ3n) is 4.51. The zero-order chi connectivity index (χ0) is 20.1. The summed E-state index contributed by atoms with van der Waals surface area (Å²) in [4.78, 5) is 25.2. The molecule has 6 heteroatoms. The van der Waals surface area contributed by atoms with E-state index in [-0.39, 0.29) is 30.3 Å². The van der Waals surface area contributed by atoms with Crippen molar-refractivity contribution in [3.8, 4) is 0 Å². The molecule has 0 saturated carbocycles. The van der Waals surface area contributed by atoms with Crippen LogP contribution in [0.4, 0.5) is 0 Å². The molecule has 0 radical (unpaired) electrons. The van der Waals surface area contributed by atoms with E-state index in [2.05, 4.69) is 6.92 Å². The van der Waals surface area contributed by atoms with Gasteiger partial charge in [0.1, 0.15) is 0 Å². The highest BCUT2D eigenvalue weighted by molar-refractivity contribution is 5.95. The monoisotopic (exact) mass is 372 g/mol. The number of carbonyl (C=O) groups excluding carboxylic acids is 2. The Labute approximate surface area is 157 Å². The molecule has 0 spiro atoms. The van der Waals surface area contributed by atoms with Crippen LogP contribution in [0.15, 0.2) is 0 Å². The normalized spacial score (nSPS) is 23.5. The number of hydrogen-bond donors (Lipinski definition) is 0. The topological polar surface area (TPSA) is 71.1 Å². The molecule has 0 bridgehead atoms. The van der Waals surface area contributed by atoms with Gasteiger partial charge in [0.05, 0.1) is 24.4 Å². The van der Waals surface area contributed by atoms with Crippen molar-refractivity contribution in [2.75, 3.05) is 0 Å². The summed E-state index contributed by atoms with van der Waals surface area (Å²) in [5, 5.41) is 0. The largest absolute Gasteiger partial charge is 0.462 e. The Kier molecular flexibility index (Phi) is 8.54. The van der Waals surface area contributed by atoms with Gasteiger partial charge < -0.3 is 18.9 Å². The Bertz CT molecular complexity index is 441. The fourth-order valence-corrected chi connectivity index (χ4v) is 3.37. The first kappa shape index (κ1) is 22.9. The molecule has 152 valence electrons. The van der Waals surface area contributed by atoms with E-state index in [0.29, 0.717) is 12.8 Å². The molecular weight excluding hydrogens is 336 g/mol. The van der Waals surface area contributed by atoms with Gasteiger partial charge in [-0.3, -0.25) is 9.59 Å². The summed E-state index contributed by atoms with van der Waals surface area (Å²) in [5.74, 6) is -3.21. The van der Waals surface area contributed by atoms with Gasteiger partial charge in [0.25, 0.3) is 0 Å². The minimum Gasteiger partial charge on any atom is -0.462 e. The smallest absolute Gasteiger partial charge is 0.320 e. The van der Waals surface area contributed by atoms with Gasteiger partial charge in [0.2, 0.25) is 0 Å². The van der Waals surface area contributed by atoms with E-state index in [0.717, 1.165) is 6.42 Å². The minimum atomic E-state index is -0.994. The summed E-state index contributed by atoms with van der Waals surface area (Å²) in [7, 11) is 0. The highest BCUT2D eigenvalue weighted by Crippen LogP contribution is 2.39. The maximum atomic E-state index is 12.6. The molecular formula is C20H36O6. The van der Waals surface area contributed by atoms with E-state index in [4.69, 9.17) is 18.9 Å². The molecule has 0 N–H and O–H groups in total. The van der Waals surface area contributed by atoms with Gasteiger partial charge in [0.15, 0.2) is 11.7 Å². The van der Waals surface area contributed by atoms with Crippen molar-refractivity contribution < 1.29 is 28.5 Å². The molecule has 1 saturated heterocycles. The van der Waals surface area contributed by atoms with Gasteiger partial charge in [-0.25, -0.2) is 0 Å². The number of carbonyl (C=O) groups is 2. The number of rotatable bonds is 9. The van der Waals surface area contributed by atoms with Crippen molar-refractivity contribution in [2.45, 2.75) is 105 Å². The van der Waals surface area contributed by atoms with Crippen LogP contribution in [0.5, 0.6) is 0 Å². The van der Waals surface area contributed by atoms with Crippen molar-refractivity contribution in [2.24, 2.45) is 11.8 Å². The van der Waals surface area contributed by atoms with Crippen molar-refractivity contribution in [3.05, 3.63) is 0 Å². The fraction of sp³-hybridized carbons (Fsp3) is 0.900. The van der Waals surface area contributed by atoms with Gasteiger partial charge >= 0.3 is 11.9 Å². The average Bonchev–Trinajstić information content (AvgIpc) is 2.71. The second-order valence-electron chi connectivity index (χ2n) is 7.94. The highest BCUT2D eigenvalue weighted by atomic mass is 16.8. The van der Waals surface area contributed by atoms with Crippen molar-refractivity contribution in [1.29, 1.82) is 0 Å². The zero-order valence-corrected chi connectivity index (χ0v) is 17.5. The van der Waals surface area contributed by atoms with Gasteiger partial charge in [-0.15, -0.1) is 0 Å². The van der Waals surface area contributed by atoms with Gasteiger partial charge in [-0.05, 0) is 47.5 Å². The van der Waals surface area contributed by atoms with Crippen LogP contribution in [-0.2, 0) is 28.5 Å². The van der Waals surface area contributed by atoms with E-state index >= 15 is 0 Å². The van der Waals surface area contributed by atoms with Crippen LogP contribution in [0.2, 0.25) is 0 Å². The minimum absolute atomic E-state index is 0.0302. The number of hydrogen-bond acceptors (Lipinski definition) is 6. The fourth-order valence-electron chi connectivity index (χ4n) is 3.37. The summed E-state index contributed by atoms with van der Waals surface area (Å²) in [6, 6.07) is 0. The van der Waals surface area contributed by atoms with Crippen LogP contribution in [0.25, 0.3) is 0 Å². The number of ether oxygens (including phenoxy) is 4. The summed E-state index contributed by atoms with van der Waals surface area (Å²) >= 11 is 0. The molecule has 1 heterocycles. The Morgan fingerprint density at radius 3 is 1.69 bits per heavy atom. The summed E-state index contributed by atoms with van der Waals surface area (Å²) in [6.07, 6.45) is 1.36. The molecule has 0 aromatic carbocycles. The van der Waals surface area contributed by atoms with Crippen molar-refractivity contribution >= 4 is 11.9 Å². The number of esters is 2. The molecule has 0 amide bonds. The van der Waals surface area contributed by atoms with E-state index in [1.165, 1.54) is 0 Å². The predicted octanol–water partition coefficient (Wildman–Crippen LogP) is 3.85. The second kappa shape index (κ2) is 9.70. The first-order valence-electron chi connectivity index (χ1n) is 9.78. The molecule has 0 aromatic rings. The molecule has 0 aliphatic carbocycles. The van der Waals surface area contributed by atoms with Crippen LogP contribution < -0.4 is 0 Å². The van der Waals surface area contributed by atoms with E-state index in [1.807, 2.05) is 20.8 Å². The van der Waals surface area contributed by atoms with Crippen LogP contribution >= 0.6 is 0 Å². The molecule has 0 unspecified atom stereocenters. The molecule has 1 rings (SSSR count). The molecule has 1 aliphatic rings. The van der Waals surface area contributed by atoms with Crippen LogP contribution in [-0.4, -0.2) is 42.1 Å². The first-order chi connectivity index (χ1) is 12.0. The molecule has 0 aromatic heterocycles. The molecule has 3 atom stereocenters. The molecule has 1 aliphatic heterocycles. The SMILES string of the molecule is CCCC1(C[C@H](C)C(C(=O)OC(C)C)C(=O)OC(C)C)O[C@H](C)[C@@H](C)O1. The third-order valence-corrected chi connectivity index (χ3v) is 4.51. The average molecular weight is 373 g/mol. The quantitative estimate of drug-likeness (QED) is 0.452. The van der Waals surface area contributed by atoms with E-state index in [1.54, 1.807) is 27.7 Å². The lowest BCUT2D eigenvalue weighted by Gasteiger charge is -2.33. The zero-order valence-electron chi connectivity index (χ0n) is 17.5. The second-order valence-corrected chi connectivity index (χ2v) is 7.94. The summed E-state index contributed by atoms with van der Waals surface area (Å²) < 4.78 is 22.9. The van der Waals surface area contributed by atoms with Crippen LogP contribution in [0, 0.1) is 11.8 Å². The van der Waals surface area contributed by atoms with Crippen molar-refractivity contribution in [1.82, 2.24) is 0 Å². The van der Waals surface area contributed by atoms with E-state index in [9.17, 15) is 9.59 Å². The highest BCUT2D eigenvalue weighted by Gasteiger charge is 2.47. The van der Waals surface area contributed by atoms with Crippen molar-refractivity contribution in [3.63, 3.8) is 0 Å². The molecule has 26 heavy (non-hydrogen) atoms. The lowest BCUT2D eigenvalue weighted by atomic mass is 9.86. The summed E-state index contributed by atoms with van der Waals surface area (Å²) in [5.41, 5.74) is 0. The first-order valence-corrected chi connectivity index (χ1v) is 9.78. The lowest BCUT2D eigenvalue weighted by molar-refractivity contribution is -0.196. The standard InChI is InChI=1S/C20H36O6/c1-9-10-20(25-15(7)16(8)26-20)11-14(6)17(18(21)23-12(2)3)19(22)24-13(4)5/h12-17H,9-11H2,1-8H3/t14-,15+,16+/m0/s1. The van der Waals surface area contributed by atoms with Gasteiger partial charge in [-0.2, -0.15) is 0 Å². The Hall–Kier alpha value is -1.14. The maximum absolute atomic E-state index is 12.6. The van der Waals surface area contributed by atoms with E-state index < -0.39 is 23.6 Å². The Balaban J connectivity index is 3.00. The van der Waals surface area contributed by atoms with Gasteiger partial charge in [-0.1, -0.05) is 20.3 Å². The lowest BCUT2D eigenvalue weighted by Crippen LogP contribution is -2.41. The molecule has 1 fully saturated rings. The third kappa shape index (κ3) is 6.23. The Morgan fingerprint density at radius 1 is 0.923 bits per heavy atom.